The SMILES string of the molecule is N#Cc1ccc(C(=O)Cn2cc([N+](=O)[O-])cn2)cc1. The summed E-state index contributed by atoms with van der Waals surface area (Å²) < 4.78 is 1.21. The monoisotopic (exact) mass is 256 g/mol. The van der Waals surface area contributed by atoms with Crippen LogP contribution in [-0.2, 0) is 6.54 Å². The molecule has 7 heteroatoms. The zero-order chi connectivity index (χ0) is 13.8. The highest BCUT2D eigenvalue weighted by Crippen LogP contribution is 2.10. The lowest BCUT2D eigenvalue weighted by molar-refractivity contribution is -0.385. The Morgan fingerprint density at radius 2 is 2.11 bits per heavy atom. The number of nitrogens with zero attached hydrogens (tertiary/aromatic N) is 4. The lowest BCUT2D eigenvalue weighted by Gasteiger charge is -2.00. The topological polar surface area (TPSA) is 102 Å². The third-order valence-electron chi connectivity index (χ3n) is 2.47. The Morgan fingerprint density at radius 3 is 2.63 bits per heavy atom. The van der Waals surface area contributed by atoms with Gasteiger partial charge in [-0.2, -0.15) is 10.4 Å². The van der Waals surface area contributed by atoms with E-state index in [0.717, 1.165) is 6.20 Å². The summed E-state index contributed by atoms with van der Waals surface area (Å²) in [7, 11) is 0. The van der Waals surface area contributed by atoms with Crippen LogP contribution in [0.2, 0.25) is 0 Å². The van der Waals surface area contributed by atoms with Crippen LogP contribution in [0.1, 0.15) is 15.9 Å². The Morgan fingerprint density at radius 1 is 1.42 bits per heavy atom. The van der Waals surface area contributed by atoms with E-state index >= 15 is 0 Å². The Hall–Kier alpha value is -3.01. The Balaban J connectivity index is 2.11. The van der Waals surface area contributed by atoms with Crippen molar-refractivity contribution in [3.05, 3.63) is 57.9 Å². The molecule has 19 heavy (non-hydrogen) atoms. The molecule has 0 amide bonds. The summed E-state index contributed by atoms with van der Waals surface area (Å²) in [4.78, 5) is 21.8. The normalized spacial score (nSPS) is 9.84. The summed E-state index contributed by atoms with van der Waals surface area (Å²) >= 11 is 0. The zero-order valence-electron chi connectivity index (χ0n) is 9.68. The second kappa shape index (κ2) is 5.10. The summed E-state index contributed by atoms with van der Waals surface area (Å²) in [5.74, 6) is -0.234. The van der Waals surface area contributed by atoms with E-state index in [9.17, 15) is 14.9 Å². The van der Waals surface area contributed by atoms with Crippen LogP contribution in [0.25, 0.3) is 0 Å². The van der Waals surface area contributed by atoms with Crippen molar-refractivity contribution in [2.75, 3.05) is 0 Å². The van der Waals surface area contributed by atoms with Gasteiger partial charge in [-0.3, -0.25) is 19.6 Å². The van der Waals surface area contributed by atoms with E-state index in [-0.39, 0.29) is 18.0 Å². The molecule has 7 nitrogen and oxygen atoms in total. The third kappa shape index (κ3) is 2.81. The quantitative estimate of drug-likeness (QED) is 0.469. The molecule has 94 valence electrons. The average Bonchev–Trinajstić information content (AvgIpc) is 2.87. The van der Waals surface area contributed by atoms with E-state index in [1.807, 2.05) is 6.07 Å². The predicted octanol–water partition coefficient (Wildman–Crippen LogP) is 1.55. The fourth-order valence-corrected chi connectivity index (χ4v) is 1.50. The average molecular weight is 256 g/mol. The van der Waals surface area contributed by atoms with Crippen LogP contribution >= 0.6 is 0 Å². The van der Waals surface area contributed by atoms with Gasteiger partial charge in [-0.1, -0.05) is 12.1 Å². The van der Waals surface area contributed by atoms with Gasteiger partial charge in [0, 0.05) is 5.56 Å². The van der Waals surface area contributed by atoms with Crippen molar-refractivity contribution in [3.8, 4) is 6.07 Å². The number of nitro groups is 1. The van der Waals surface area contributed by atoms with Crippen LogP contribution in [0, 0.1) is 21.4 Å². The number of hydrogen-bond acceptors (Lipinski definition) is 5. The molecular formula is C12H8N4O3. The maximum absolute atomic E-state index is 11.9. The Bertz CT molecular complexity index is 667. The van der Waals surface area contributed by atoms with E-state index in [0.29, 0.717) is 11.1 Å². The third-order valence-corrected chi connectivity index (χ3v) is 2.47. The molecule has 2 rings (SSSR count). The predicted molar refractivity (Wildman–Crippen MR) is 64.4 cm³/mol. The molecule has 0 atom stereocenters. The van der Waals surface area contributed by atoms with Crippen LogP contribution < -0.4 is 0 Å². The fourth-order valence-electron chi connectivity index (χ4n) is 1.50. The first-order chi connectivity index (χ1) is 9.10. The molecule has 0 bridgehead atoms. The molecule has 0 spiro atoms. The number of nitriles is 1. The molecule has 1 aromatic carbocycles. The number of carbonyl (C=O) groups is 1. The van der Waals surface area contributed by atoms with Gasteiger partial charge in [0.2, 0.25) is 0 Å². The van der Waals surface area contributed by atoms with Gasteiger partial charge in [0.1, 0.15) is 18.9 Å². The maximum atomic E-state index is 11.9. The molecule has 0 aliphatic rings. The number of carbonyl (C=O) groups excluding carboxylic acids is 1. The van der Waals surface area contributed by atoms with Crippen molar-refractivity contribution < 1.29 is 9.72 Å². The first-order valence-electron chi connectivity index (χ1n) is 5.30. The van der Waals surface area contributed by atoms with Crippen molar-refractivity contribution in [2.24, 2.45) is 0 Å². The molecule has 0 N–H and O–H groups in total. The van der Waals surface area contributed by atoms with Crippen molar-refractivity contribution >= 4 is 11.5 Å². The Kier molecular flexibility index (Phi) is 3.34. The molecule has 1 aromatic heterocycles. The van der Waals surface area contributed by atoms with E-state index in [4.69, 9.17) is 5.26 Å². The van der Waals surface area contributed by atoms with Gasteiger partial charge in [0.15, 0.2) is 5.78 Å². The van der Waals surface area contributed by atoms with Gasteiger partial charge in [-0.25, -0.2) is 0 Å². The van der Waals surface area contributed by atoms with Crippen molar-refractivity contribution in [1.82, 2.24) is 9.78 Å². The van der Waals surface area contributed by atoms with E-state index in [1.165, 1.54) is 10.9 Å². The smallest absolute Gasteiger partial charge is 0.292 e. The summed E-state index contributed by atoms with van der Waals surface area (Å²) in [6.45, 7) is -0.0836. The van der Waals surface area contributed by atoms with Gasteiger partial charge in [0.25, 0.3) is 0 Å². The maximum Gasteiger partial charge on any atom is 0.307 e. The lowest BCUT2D eigenvalue weighted by Crippen LogP contribution is -2.10. The number of Topliss-reactive ketones (excluding diaryl/α,β-unsaturated/α-hetero) is 1. The summed E-state index contributed by atoms with van der Waals surface area (Å²) in [5.41, 5.74) is 0.732. The highest BCUT2D eigenvalue weighted by atomic mass is 16.6. The van der Waals surface area contributed by atoms with Crippen LogP contribution in [0.15, 0.2) is 36.7 Å². The second-order valence-electron chi connectivity index (χ2n) is 3.77. The number of ketones is 1. The van der Waals surface area contributed by atoms with Gasteiger partial charge < -0.3 is 0 Å². The largest absolute Gasteiger partial charge is 0.307 e. The van der Waals surface area contributed by atoms with Gasteiger partial charge >= 0.3 is 5.69 Å². The minimum atomic E-state index is -0.574. The lowest BCUT2D eigenvalue weighted by atomic mass is 10.1. The molecule has 0 saturated heterocycles. The Labute approximate surface area is 107 Å². The number of rotatable bonds is 4. The zero-order valence-corrected chi connectivity index (χ0v) is 9.68. The molecule has 0 radical (unpaired) electrons. The van der Waals surface area contributed by atoms with E-state index < -0.39 is 4.92 Å². The molecule has 1 heterocycles. The first-order valence-corrected chi connectivity index (χ1v) is 5.30. The van der Waals surface area contributed by atoms with Crippen LogP contribution in [-0.4, -0.2) is 20.5 Å². The molecule has 0 saturated carbocycles. The second-order valence-corrected chi connectivity index (χ2v) is 3.77. The highest BCUT2D eigenvalue weighted by Gasteiger charge is 2.12. The van der Waals surface area contributed by atoms with E-state index in [2.05, 4.69) is 5.10 Å². The van der Waals surface area contributed by atoms with Gasteiger partial charge in [-0.15, -0.1) is 0 Å². The number of hydrogen-bond donors (Lipinski definition) is 0. The van der Waals surface area contributed by atoms with Gasteiger partial charge in [-0.05, 0) is 12.1 Å². The molecular weight excluding hydrogens is 248 g/mol. The van der Waals surface area contributed by atoms with Gasteiger partial charge in [0.05, 0.1) is 16.6 Å². The number of benzene rings is 1. The fraction of sp³-hybridized carbons (Fsp3) is 0.0833. The summed E-state index contributed by atoms with van der Waals surface area (Å²) in [5, 5.41) is 22.9. The van der Waals surface area contributed by atoms with Crippen molar-refractivity contribution in [2.45, 2.75) is 6.54 Å². The molecule has 0 aliphatic carbocycles. The van der Waals surface area contributed by atoms with Crippen molar-refractivity contribution in [1.29, 1.82) is 5.26 Å². The van der Waals surface area contributed by atoms with Crippen molar-refractivity contribution in [3.63, 3.8) is 0 Å². The summed E-state index contributed by atoms with van der Waals surface area (Å²) in [6, 6.07) is 8.12. The van der Waals surface area contributed by atoms with Crippen LogP contribution in [0.4, 0.5) is 5.69 Å². The minimum Gasteiger partial charge on any atom is -0.292 e. The molecule has 2 aromatic rings. The molecule has 0 unspecified atom stereocenters. The number of aromatic nitrogens is 2. The van der Waals surface area contributed by atoms with Crippen LogP contribution in [0.3, 0.4) is 0 Å². The standard InChI is InChI=1S/C12H8N4O3/c13-5-9-1-3-10(4-2-9)12(17)8-15-7-11(6-14-15)16(18)19/h1-4,6-7H,8H2. The summed E-state index contributed by atoms with van der Waals surface area (Å²) in [6.07, 6.45) is 2.29. The van der Waals surface area contributed by atoms with E-state index in [1.54, 1.807) is 24.3 Å². The minimum absolute atomic E-state index is 0.0836. The van der Waals surface area contributed by atoms with Crippen LogP contribution in [0.5, 0.6) is 0 Å². The molecule has 0 fully saturated rings. The first kappa shape index (κ1) is 12.4. The highest BCUT2D eigenvalue weighted by molar-refractivity contribution is 5.95. The molecule has 0 aliphatic heterocycles.